The molecule has 1 aromatic rings. The van der Waals surface area contributed by atoms with Gasteiger partial charge in [-0.05, 0) is 18.1 Å². The van der Waals surface area contributed by atoms with Gasteiger partial charge in [0.25, 0.3) is 0 Å². The zero-order valence-corrected chi connectivity index (χ0v) is 9.08. The van der Waals surface area contributed by atoms with Crippen molar-refractivity contribution >= 4 is 0 Å². The van der Waals surface area contributed by atoms with E-state index in [1.807, 2.05) is 12.1 Å². The highest BCUT2D eigenvalue weighted by atomic mass is 16.5. The Bertz CT molecular complexity index is 350. The summed E-state index contributed by atoms with van der Waals surface area (Å²) in [5.41, 5.74) is 8.05. The standard InChI is InChI=1S/C12H17NO2/c1-2-10-9(8-13)4-5-11-12(10)15-7-3-6-14-11/h4-5H,2-3,6-8,13H2,1H3. The molecule has 0 fully saturated rings. The zero-order valence-electron chi connectivity index (χ0n) is 9.08. The molecular formula is C12H17NO2. The third-order valence-corrected chi connectivity index (χ3v) is 2.69. The molecule has 15 heavy (non-hydrogen) atoms. The van der Waals surface area contributed by atoms with Crippen LogP contribution >= 0.6 is 0 Å². The molecule has 0 saturated carbocycles. The van der Waals surface area contributed by atoms with Crippen molar-refractivity contribution in [3.63, 3.8) is 0 Å². The van der Waals surface area contributed by atoms with Gasteiger partial charge in [0, 0.05) is 18.5 Å². The lowest BCUT2D eigenvalue weighted by Gasteiger charge is -2.14. The normalized spacial score (nSPS) is 14.8. The molecule has 82 valence electrons. The highest BCUT2D eigenvalue weighted by Gasteiger charge is 2.16. The molecule has 1 aliphatic rings. The first kappa shape index (κ1) is 10.3. The topological polar surface area (TPSA) is 44.5 Å². The van der Waals surface area contributed by atoms with E-state index in [0.29, 0.717) is 6.54 Å². The molecule has 3 nitrogen and oxygen atoms in total. The summed E-state index contributed by atoms with van der Waals surface area (Å²) < 4.78 is 11.4. The lowest BCUT2D eigenvalue weighted by atomic mass is 10.0. The van der Waals surface area contributed by atoms with Crippen molar-refractivity contribution in [1.82, 2.24) is 0 Å². The van der Waals surface area contributed by atoms with Crippen molar-refractivity contribution < 1.29 is 9.47 Å². The molecule has 2 rings (SSSR count). The Morgan fingerprint density at radius 1 is 1.27 bits per heavy atom. The molecule has 1 heterocycles. The lowest BCUT2D eigenvalue weighted by molar-refractivity contribution is 0.296. The molecule has 0 bridgehead atoms. The fraction of sp³-hybridized carbons (Fsp3) is 0.500. The van der Waals surface area contributed by atoms with Crippen molar-refractivity contribution in [3.8, 4) is 11.5 Å². The van der Waals surface area contributed by atoms with Gasteiger partial charge in [0.1, 0.15) is 0 Å². The van der Waals surface area contributed by atoms with Crippen molar-refractivity contribution in [2.24, 2.45) is 5.73 Å². The van der Waals surface area contributed by atoms with Crippen LogP contribution in [0.1, 0.15) is 24.5 Å². The Balaban J connectivity index is 2.47. The molecule has 0 atom stereocenters. The molecule has 0 aromatic heterocycles. The molecule has 1 aliphatic heterocycles. The minimum Gasteiger partial charge on any atom is -0.490 e. The van der Waals surface area contributed by atoms with Gasteiger partial charge in [-0.15, -0.1) is 0 Å². The monoisotopic (exact) mass is 207 g/mol. The third-order valence-electron chi connectivity index (χ3n) is 2.69. The molecule has 2 N–H and O–H groups in total. The average Bonchev–Trinajstić information content (AvgIpc) is 2.52. The molecule has 3 heteroatoms. The van der Waals surface area contributed by atoms with Crippen LogP contribution in [0.3, 0.4) is 0 Å². The SMILES string of the molecule is CCc1c(CN)ccc2c1OCCCO2. The number of nitrogens with two attached hydrogens (primary N) is 1. The first-order valence-corrected chi connectivity index (χ1v) is 5.47. The number of hydrogen-bond acceptors (Lipinski definition) is 3. The maximum absolute atomic E-state index is 5.73. The van der Waals surface area contributed by atoms with Gasteiger partial charge >= 0.3 is 0 Å². The van der Waals surface area contributed by atoms with E-state index in [0.717, 1.165) is 43.1 Å². The number of fused-ring (bicyclic) bond motifs is 1. The van der Waals surface area contributed by atoms with Gasteiger partial charge in [-0.3, -0.25) is 0 Å². The van der Waals surface area contributed by atoms with Gasteiger partial charge in [0.15, 0.2) is 11.5 Å². The van der Waals surface area contributed by atoms with E-state index in [2.05, 4.69) is 6.92 Å². The Kier molecular flexibility index (Phi) is 3.11. The Morgan fingerprint density at radius 3 is 2.80 bits per heavy atom. The summed E-state index contributed by atoms with van der Waals surface area (Å²) in [6.07, 6.45) is 1.87. The maximum atomic E-state index is 5.73. The molecule has 0 aliphatic carbocycles. The van der Waals surface area contributed by atoms with E-state index in [-0.39, 0.29) is 0 Å². The summed E-state index contributed by atoms with van der Waals surface area (Å²) in [4.78, 5) is 0. The predicted molar refractivity (Wildman–Crippen MR) is 59.3 cm³/mol. The van der Waals surface area contributed by atoms with Gasteiger partial charge in [0.05, 0.1) is 13.2 Å². The summed E-state index contributed by atoms with van der Waals surface area (Å²) in [5, 5.41) is 0. The lowest BCUT2D eigenvalue weighted by Crippen LogP contribution is -2.04. The summed E-state index contributed by atoms with van der Waals surface area (Å²) in [6, 6.07) is 3.99. The first-order chi connectivity index (χ1) is 7.36. The van der Waals surface area contributed by atoms with Gasteiger partial charge in [-0.2, -0.15) is 0 Å². The van der Waals surface area contributed by atoms with Crippen LogP contribution in [0.2, 0.25) is 0 Å². The number of rotatable bonds is 2. The molecule has 1 aromatic carbocycles. The molecule has 0 spiro atoms. The van der Waals surface area contributed by atoms with Crippen LogP contribution in [-0.2, 0) is 13.0 Å². The second kappa shape index (κ2) is 4.53. The molecular weight excluding hydrogens is 190 g/mol. The second-order valence-electron chi connectivity index (χ2n) is 3.64. The predicted octanol–water partition coefficient (Wildman–Crippen LogP) is 1.87. The fourth-order valence-corrected chi connectivity index (χ4v) is 1.91. The highest BCUT2D eigenvalue weighted by Crippen LogP contribution is 2.35. The van der Waals surface area contributed by atoms with E-state index >= 15 is 0 Å². The number of hydrogen-bond donors (Lipinski definition) is 1. The van der Waals surface area contributed by atoms with E-state index in [1.165, 1.54) is 5.56 Å². The van der Waals surface area contributed by atoms with Crippen LogP contribution in [0.5, 0.6) is 11.5 Å². The highest BCUT2D eigenvalue weighted by molar-refractivity contribution is 5.51. The quantitative estimate of drug-likeness (QED) is 0.805. The third kappa shape index (κ3) is 1.92. The van der Waals surface area contributed by atoms with Crippen LogP contribution in [-0.4, -0.2) is 13.2 Å². The Morgan fingerprint density at radius 2 is 2.07 bits per heavy atom. The van der Waals surface area contributed by atoms with Crippen LogP contribution in [0.15, 0.2) is 12.1 Å². The number of ether oxygens (including phenoxy) is 2. The minimum atomic E-state index is 0.555. The van der Waals surface area contributed by atoms with Gasteiger partial charge in [-0.25, -0.2) is 0 Å². The molecule has 0 unspecified atom stereocenters. The average molecular weight is 207 g/mol. The van der Waals surface area contributed by atoms with Gasteiger partial charge in [0.2, 0.25) is 0 Å². The fourth-order valence-electron chi connectivity index (χ4n) is 1.91. The van der Waals surface area contributed by atoms with E-state index < -0.39 is 0 Å². The Labute approximate surface area is 90.2 Å². The second-order valence-corrected chi connectivity index (χ2v) is 3.64. The summed E-state index contributed by atoms with van der Waals surface area (Å²) in [6.45, 7) is 4.13. The van der Waals surface area contributed by atoms with Gasteiger partial charge < -0.3 is 15.2 Å². The summed E-state index contributed by atoms with van der Waals surface area (Å²) in [5.74, 6) is 1.76. The van der Waals surface area contributed by atoms with Crippen molar-refractivity contribution in [1.29, 1.82) is 0 Å². The molecule has 0 amide bonds. The van der Waals surface area contributed by atoms with E-state index in [1.54, 1.807) is 0 Å². The van der Waals surface area contributed by atoms with Crippen LogP contribution in [0.25, 0.3) is 0 Å². The van der Waals surface area contributed by atoms with Crippen molar-refractivity contribution in [2.45, 2.75) is 26.3 Å². The minimum absolute atomic E-state index is 0.555. The van der Waals surface area contributed by atoms with Crippen LogP contribution in [0, 0.1) is 0 Å². The van der Waals surface area contributed by atoms with E-state index in [9.17, 15) is 0 Å². The van der Waals surface area contributed by atoms with E-state index in [4.69, 9.17) is 15.2 Å². The number of benzene rings is 1. The van der Waals surface area contributed by atoms with Crippen LogP contribution < -0.4 is 15.2 Å². The summed E-state index contributed by atoms with van der Waals surface area (Å²) >= 11 is 0. The van der Waals surface area contributed by atoms with Crippen LogP contribution in [0.4, 0.5) is 0 Å². The summed E-state index contributed by atoms with van der Waals surface area (Å²) in [7, 11) is 0. The first-order valence-electron chi connectivity index (χ1n) is 5.47. The molecule has 0 radical (unpaired) electrons. The smallest absolute Gasteiger partial charge is 0.164 e. The van der Waals surface area contributed by atoms with Crippen molar-refractivity contribution in [2.75, 3.05) is 13.2 Å². The maximum Gasteiger partial charge on any atom is 0.164 e. The Hall–Kier alpha value is -1.22. The largest absolute Gasteiger partial charge is 0.490 e. The molecule has 0 saturated heterocycles. The zero-order chi connectivity index (χ0) is 10.7. The van der Waals surface area contributed by atoms with Gasteiger partial charge in [-0.1, -0.05) is 13.0 Å². The van der Waals surface area contributed by atoms with Crippen molar-refractivity contribution in [3.05, 3.63) is 23.3 Å².